The highest BCUT2D eigenvalue weighted by Crippen LogP contribution is 2.18. The van der Waals surface area contributed by atoms with Gasteiger partial charge >= 0.3 is 12.6 Å². The van der Waals surface area contributed by atoms with Crippen LogP contribution in [0.5, 0.6) is 5.75 Å². The van der Waals surface area contributed by atoms with Crippen LogP contribution in [0.15, 0.2) is 72.8 Å². The SMILES string of the molecule is Cc1cccc(C(=O)Nc2ccccc2C(=O)OCC(=O)NC(=O)c2ccc(OC(F)F)cc2)c1. The lowest BCUT2D eigenvalue weighted by atomic mass is 10.1. The molecule has 0 saturated carbocycles. The Morgan fingerprint density at radius 1 is 0.857 bits per heavy atom. The number of carbonyl (C=O) groups excluding carboxylic acids is 4. The first-order valence-corrected chi connectivity index (χ1v) is 10.3. The standard InChI is InChI=1S/C25H20F2N2O6/c1-15-5-4-6-17(13-15)23(32)28-20-8-3-2-7-19(20)24(33)34-14-21(30)29-22(31)16-9-11-18(12-10-16)35-25(26)27/h2-13,25H,14H2,1H3,(H,28,32)(H,29,30,31). The molecule has 8 nitrogen and oxygen atoms in total. The first kappa shape index (κ1) is 25.0. The van der Waals surface area contributed by atoms with Gasteiger partial charge in [0.1, 0.15) is 5.75 Å². The van der Waals surface area contributed by atoms with E-state index in [0.29, 0.717) is 5.56 Å². The summed E-state index contributed by atoms with van der Waals surface area (Å²) in [5, 5.41) is 4.66. The zero-order valence-corrected chi connectivity index (χ0v) is 18.4. The van der Waals surface area contributed by atoms with Crippen molar-refractivity contribution in [2.75, 3.05) is 11.9 Å². The fraction of sp³-hybridized carbons (Fsp3) is 0.120. The number of imide groups is 1. The van der Waals surface area contributed by atoms with Gasteiger partial charge in [-0.2, -0.15) is 8.78 Å². The van der Waals surface area contributed by atoms with E-state index in [1.54, 1.807) is 30.3 Å². The van der Waals surface area contributed by atoms with E-state index in [1.165, 1.54) is 24.3 Å². The van der Waals surface area contributed by atoms with Crippen molar-refractivity contribution in [1.29, 1.82) is 0 Å². The number of benzene rings is 3. The highest BCUT2D eigenvalue weighted by molar-refractivity contribution is 6.09. The molecular formula is C25H20F2N2O6. The van der Waals surface area contributed by atoms with Crippen LogP contribution in [0.4, 0.5) is 14.5 Å². The molecule has 0 aliphatic rings. The third-order valence-electron chi connectivity index (χ3n) is 4.60. The van der Waals surface area contributed by atoms with Crippen LogP contribution in [0.3, 0.4) is 0 Å². The lowest BCUT2D eigenvalue weighted by Gasteiger charge is -2.11. The quantitative estimate of drug-likeness (QED) is 0.470. The summed E-state index contributed by atoms with van der Waals surface area (Å²) in [5.74, 6) is -3.19. The summed E-state index contributed by atoms with van der Waals surface area (Å²) < 4.78 is 33.6. The number of aryl methyl sites for hydroxylation is 1. The van der Waals surface area contributed by atoms with Gasteiger partial charge in [0.25, 0.3) is 17.7 Å². The van der Waals surface area contributed by atoms with Crippen LogP contribution in [0.2, 0.25) is 0 Å². The molecular weight excluding hydrogens is 462 g/mol. The van der Waals surface area contributed by atoms with Gasteiger partial charge in [-0.15, -0.1) is 0 Å². The van der Waals surface area contributed by atoms with E-state index in [9.17, 15) is 28.0 Å². The van der Waals surface area contributed by atoms with Crippen LogP contribution in [-0.4, -0.2) is 36.9 Å². The Kier molecular flexibility index (Phi) is 8.23. The van der Waals surface area contributed by atoms with Gasteiger partial charge < -0.3 is 14.8 Å². The summed E-state index contributed by atoms with van der Waals surface area (Å²) in [4.78, 5) is 49.2. The molecule has 3 rings (SSSR count). The Balaban J connectivity index is 1.57. The Hall–Kier alpha value is -4.60. The van der Waals surface area contributed by atoms with E-state index in [4.69, 9.17) is 4.74 Å². The van der Waals surface area contributed by atoms with Crippen molar-refractivity contribution in [1.82, 2.24) is 5.32 Å². The van der Waals surface area contributed by atoms with E-state index in [-0.39, 0.29) is 22.6 Å². The molecule has 3 aromatic carbocycles. The molecule has 0 aromatic heterocycles. The molecule has 0 aliphatic heterocycles. The predicted octanol–water partition coefficient (Wildman–Crippen LogP) is 3.96. The van der Waals surface area contributed by atoms with Crippen molar-refractivity contribution in [3.63, 3.8) is 0 Å². The molecule has 0 saturated heterocycles. The largest absolute Gasteiger partial charge is 0.452 e. The van der Waals surface area contributed by atoms with Crippen LogP contribution >= 0.6 is 0 Å². The maximum Gasteiger partial charge on any atom is 0.387 e. The zero-order chi connectivity index (χ0) is 25.4. The summed E-state index contributed by atoms with van der Waals surface area (Å²) in [6.07, 6.45) is 0. The molecule has 0 bridgehead atoms. The molecule has 35 heavy (non-hydrogen) atoms. The molecule has 0 unspecified atom stereocenters. The third kappa shape index (κ3) is 7.19. The monoisotopic (exact) mass is 482 g/mol. The number of halogens is 2. The van der Waals surface area contributed by atoms with Crippen molar-refractivity contribution in [2.45, 2.75) is 13.5 Å². The molecule has 0 atom stereocenters. The predicted molar refractivity (Wildman–Crippen MR) is 121 cm³/mol. The number of alkyl halides is 2. The van der Waals surface area contributed by atoms with E-state index < -0.39 is 36.9 Å². The fourth-order valence-corrected chi connectivity index (χ4v) is 2.98. The molecule has 0 aliphatic carbocycles. The van der Waals surface area contributed by atoms with Gasteiger partial charge in [0.15, 0.2) is 6.61 Å². The average molecular weight is 482 g/mol. The van der Waals surface area contributed by atoms with Crippen molar-refractivity contribution in [3.05, 3.63) is 95.1 Å². The van der Waals surface area contributed by atoms with Gasteiger partial charge in [0, 0.05) is 11.1 Å². The highest BCUT2D eigenvalue weighted by atomic mass is 19.3. The lowest BCUT2D eigenvalue weighted by Crippen LogP contribution is -2.34. The van der Waals surface area contributed by atoms with Crippen LogP contribution in [-0.2, 0) is 9.53 Å². The fourth-order valence-electron chi connectivity index (χ4n) is 2.98. The number of nitrogens with one attached hydrogen (secondary N) is 2. The highest BCUT2D eigenvalue weighted by Gasteiger charge is 2.18. The number of para-hydroxylation sites is 1. The number of rotatable bonds is 8. The van der Waals surface area contributed by atoms with Crippen LogP contribution in [0.1, 0.15) is 36.6 Å². The Labute approximate surface area is 198 Å². The minimum atomic E-state index is -3.01. The lowest BCUT2D eigenvalue weighted by molar-refractivity contribution is -0.123. The van der Waals surface area contributed by atoms with Crippen LogP contribution in [0, 0.1) is 6.92 Å². The number of ether oxygens (including phenoxy) is 2. The van der Waals surface area contributed by atoms with E-state index in [1.807, 2.05) is 18.3 Å². The average Bonchev–Trinajstić information content (AvgIpc) is 2.83. The number of amides is 3. The van der Waals surface area contributed by atoms with Gasteiger partial charge in [-0.3, -0.25) is 19.7 Å². The maximum absolute atomic E-state index is 12.5. The Morgan fingerprint density at radius 2 is 1.57 bits per heavy atom. The molecule has 3 aromatic rings. The zero-order valence-electron chi connectivity index (χ0n) is 18.4. The Morgan fingerprint density at radius 3 is 2.26 bits per heavy atom. The molecule has 180 valence electrons. The van der Waals surface area contributed by atoms with Crippen molar-refractivity contribution in [3.8, 4) is 5.75 Å². The summed E-state index contributed by atoms with van der Waals surface area (Å²) >= 11 is 0. The summed E-state index contributed by atoms with van der Waals surface area (Å²) in [6, 6.07) is 17.7. The van der Waals surface area contributed by atoms with Crippen LogP contribution < -0.4 is 15.4 Å². The number of hydrogen-bond acceptors (Lipinski definition) is 6. The van der Waals surface area contributed by atoms with E-state index in [0.717, 1.165) is 17.7 Å². The maximum atomic E-state index is 12.5. The van der Waals surface area contributed by atoms with Crippen molar-refractivity contribution in [2.24, 2.45) is 0 Å². The van der Waals surface area contributed by atoms with Gasteiger partial charge in [-0.1, -0.05) is 29.8 Å². The molecule has 0 fully saturated rings. The summed E-state index contributed by atoms with van der Waals surface area (Å²) in [7, 11) is 0. The molecule has 2 N–H and O–H groups in total. The molecule has 10 heteroatoms. The second-order valence-corrected chi connectivity index (χ2v) is 7.23. The topological polar surface area (TPSA) is 111 Å². The minimum absolute atomic E-state index is 0.00972. The number of esters is 1. The smallest absolute Gasteiger partial charge is 0.387 e. The summed E-state index contributed by atoms with van der Waals surface area (Å²) in [6.45, 7) is -1.93. The van der Waals surface area contributed by atoms with Crippen LogP contribution in [0.25, 0.3) is 0 Å². The van der Waals surface area contributed by atoms with Gasteiger partial charge in [0.2, 0.25) is 0 Å². The minimum Gasteiger partial charge on any atom is -0.452 e. The second-order valence-electron chi connectivity index (χ2n) is 7.23. The molecule has 0 heterocycles. The second kappa shape index (κ2) is 11.5. The summed E-state index contributed by atoms with van der Waals surface area (Å²) in [5.41, 5.74) is 1.51. The normalized spacial score (nSPS) is 10.4. The first-order chi connectivity index (χ1) is 16.7. The molecule has 0 radical (unpaired) electrons. The van der Waals surface area contributed by atoms with Gasteiger partial charge in [0.05, 0.1) is 11.3 Å². The third-order valence-corrected chi connectivity index (χ3v) is 4.60. The van der Waals surface area contributed by atoms with E-state index in [2.05, 4.69) is 10.1 Å². The molecule has 0 spiro atoms. The molecule has 3 amide bonds. The number of anilines is 1. The first-order valence-electron chi connectivity index (χ1n) is 10.3. The van der Waals surface area contributed by atoms with Crippen molar-refractivity contribution < 1.29 is 37.4 Å². The van der Waals surface area contributed by atoms with Gasteiger partial charge in [-0.05, 0) is 55.5 Å². The van der Waals surface area contributed by atoms with Crippen molar-refractivity contribution >= 4 is 29.4 Å². The Bertz CT molecular complexity index is 1240. The van der Waals surface area contributed by atoms with E-state index >= 15 is 0 Å². The van der Waals surface area contributed by atoms with Gasteiger partial charge in [-0.25, -0.2) is 4.79 Å². The number of carbonyl (C=O) groups is 4. The number of hydrogen-bond donors (Lipinski definition) is 2.